The first-order chi connectivity index (χ1) is 7.67. The first-order valence-corrected chi connectivity index (χ1v) is 5.88. The van der Waals surface area contributed by atoms with E-state index in [9.17, 15) is 0 Å². The molecule has 1 heterocycles. The molecule has 0 bridgehead atoms. The Morgan fingerprint density at radius 3 is 2.81 bits per heavy atom. The molecule has 4 heteroatoms. The Bertz CT molecular complexity index is 298. The summed E-state index contributed by atoms with van der Waals surface area (Å²) >= 11 is 0. The molecule has 2 atom stereocenters. The maximum absolute atomic E-state index is 5.18. The smallest absolute Gasteiger partial charge is 0.0537 e. The normalized spacial score (nSPS) is 15.0. The van der Waals surface area contributed by atoms with Crippen LogP contribution < -0.4 is 5.32 Å². The number of nitrogens with zero attached hydrogens (tertiary/aromatic N) is 2. The van der Waals surface area contributed by atoms with Crippen molar-refractivity contribution in [1.29, 1.82) is 0 Å². The zero-order valence-corrected chi connectivity index (χ0v) is 10.7. The lowest BCUT2D eigenvalue weighted by Crippen LogP contribution is -2.23. The number of aryl methyl sites for hydroxylation is 1. The van der Waals surface area contributed by atoms with Crippen LogP contribution in [0.25, 0.3) is 0 Å². The molecule has 0 aliphatic rings. The van der Waals surface area contributed by atoms with Gasteiger partial charge in [0, 0.05) is 38.6 Å². The summed E-state index contributed by atoms with van der Waals surface area (Å²) < 4.78 is 7.02. The van der Waals surface area contributed by atoms with Crippen molar-refractivity contribution in [3.63, 3.8) is 0 Å². The summed E-state index contributed by atoms with van der Waals surface area (Å²) in [7, 11) is 3.70. The van der Waals surface area contributed by atoms with E-state index in [0.717, 1.165) is 19.6 Å². The molecular weight excluding hydrogens is 202 g/mol. The number of hydrogen-bond acceptors (Lipinski definition) is 3. The molecule has 0 amide bonds. The molecule has 0 aromatic carbocycles. The minimum absolute atomic E-state index is 0.379. The first kappa shape index (κ1) is 13.2. The molecule has 2 unspecified atom stereocenters. The average Bonchev–Trinajstić information content (AvgIpc) is 2.64. The van der Waals surface area contributed by atoms with Crippen LogP contribution in [0.3, 0.4) is 0 Å². The fraction of sp³-hybridized carbons (Fsp3) is 0.750. The first-order valence-electron chi connectivity index (χ1n) is 5.88. The maximum Gasteiger partial charge on any atom is 0.0537 e. The van der Waals surface area contributed by atoms with E-state index < -0.39 is 0 Å². The molecule has 16 heavy (non-hydrogen) atoms. The van der Waals surface area contributed by atoms with Gasteiger partial charge in [-0.3, -0.25) is 4.68 Å². The molecule has 0 aliphatic carbocycles. The van der Waals surface area contributed by atoms with Gasteiger partial charge >= 0.3 is 0 Å². The van der Waals surface area contributed by atoms with Gasteiger partial charge in [0.2, 0.25) is 0 Å². The Hall–Kier alpha value is -0.870. The summed E-state index contributed by atoms with van der Waals surface area (Å²) in [6.45, 7) is 6.12. The highest BCUT2D eigenvalue weighted by Gasteiger charge is 2.15. The standard InChI is InChI=1S/C12H23N3O/c1-5-13-12(6-10(2)9-16-4)11-7-14-15(3)8-11/h7-8,10,12-13H,5-6,9H2,1-4H3. The van der Waals surface area contributed by atoms with E-state index >= 15 is 0 Å². The highest BCUT2D eigenvalue weighted by Crippen LogP contribution is 2.20. The molecule has 1 N–H and O–H groups in total. The quantitative estimate of drug-likeness (QED) is 0.768. The van der Waals surface area contributed by atoms with E-state index in [0.29, 0.717) is 12.0 Å². The molecule has 4 nitrogen and oxygen atoms in total. The van der Waals surface area contributed by atoms with Crippen LogP contribution in [-0.4, -0.2) is 30.0 Å². The highest BCUT2D eigenvalue weighted by atomic mass is 16.5. The van der Waals surface area contributed by atoms with E-state index in [4.69, 9.17) is 4.74 Å². The Labute approximate surface area is 98.0 Å². The predicted molar refractivity (Wildman–Crippen MR) is 65.3 cm³/mol. The lowest BCUT2D eigenvalue weighted by atomic mass is 9.98. The third kappa shape index (κ3) is 3.94. The van der Waals surface area contributed by atoms with Gasteiger partial charge in [0.25, 0.3) is 0 Å². The van der Waals surface area contributed by atoms with Crippen molar-refractivity contribution < 1.29 is 4.74 Å². The van der Waals surface area contributed by atoms with Gasteiger partial charge in [-0.05, 0) is 18.9 Å². The summed E-state index contributed by atoms with van der Waals surface area (Å²) in [5, 5.41) is 7.71. The van der Waals surface area contributed by atoms with Gasteiger partial charge in [-0.1, -0.05) is 13.8 Å². The van der Waals surface area contributed by atoms with Gasteiger partial charge in [0.05, 0.1) is 6.20 Å². The molecular formula is C12H23N3O. The molecule has 92 valence electrons. The largest absolute Gasteiger partial charge is 0.384 e. The molecule has 1 aromatic heterocycles. The molecule has 0 fully saturated rings. The molecule has 0 saturated carbocycles. The lowest BCUT2D eigenvalue weighted by molar-refractivity contribution is 0.149. The zero-order valence-electron chi connectivity index (χ0n) is 10.7. The van der Waals surface area contributed by atoms with E-state index in [1.54, 1.807) is 7.11 Å². The number of methoxy groups -OCH3 is 1. The molecule has 0 saturated heterocycles. The number of ether oxygens (including phenoxy) is 1. The number of aromatic nitrogens is 2. The third-order valence-electron chi connectivity index (χ3n) is 2.67. The highest BCUT2D eigenvalue weighted by molar-refractivity contribution is 5.10. The van der Waals surface area contributed by atoms with Crippen LogP contribution in [0.1, 0.15) is 31.9 Å². The summed E-state index contributed by atoms with van der Waals surface area (Å²) in [4.78, 5) is 0. The number of rotatable bonds is 7. The van der Waals surface area contributed by atoms with E-state index in [1.165, 1.54) is 5.56 Å². The summed E-state index contributed by atoms with van der Waals surface area (Å²) in [6.07, 6.45) is 5.09. The zero-order chi connectivity index (χ0) is 12.0. The predicted octanol–water partition coefficient (Wildman–Crippen LogP) is 1.74. The van der Waals surface area contributed by atoms with Crippen LogP contribution in [0.4, 0.5) is 0 Å². The molecule has 0 radical (unpaired) electrons. The van der Waals surface area contributed by atoms with E-state index in [-0.39, 0.29) is 0 Å². The summed E-state index contributed by atoms with van der Waals surface area (Å²) in [5.41, 5.74) is 1.26. The summed E-state index contributed by atoms with van der Waals surface area (Å²) in [6, 6.07) is 0.379. The Kier molecular flexibility index (Phi) is 5.49. The number of nitrogens with one attached hydrogen (secondary N) is 1. The monoisotopic (exact) mass is 225 g/mol. The molecule has 1 rings (SSSR count). The minimum Gasteiger partial charge on any atom is -0.384 e. The lowest BCUT2D eigenvalue weighted by Gasteiger charge is -2.20. The topological polar surface area (TPSA) is 39.1 Å². The van der Waals surface area contributed by atoms with Gasteiger partial charge in [-0.2, -0.15) is 5.10 Å². The second-order valence-electron chi connectivity index (χ2n) is 4.35. The van der Waals surface area contributed by atoms with Crippen molar-refractivity contribution in [3.8, 4) is 0 Å². The molecule has 0 aliphatic heterocycles. The maximum atomic E-state index is 5.18. The van der Waals surface area contributed by atoms with Crippen molar-refractivity contribution in [2.45, 2.75) is 26.3 Å². The van der Waals surface area contributed by atoms with Crippen molar-refractivity contribution in [2.24, 2.45) is 13.0 Å². The Morgan fingerprint density at radius 1 is 1.56 bits per heavy atom. The molecule has 1 aromatic rings. The second-order valence-corrected chi connectivity index (χ2v) is 4.35. The average molecular weight is 225 g/mol. The van der Waals surface area contributed by atoms with Crippen LogP contribution in [0.15, 0.2) is 12.4 Å². The van der Waals surface area contributed by atoms with Crippen molar-refractivity contribution >= 4 is 0 Å². The Balaban J connectivity index is 2.60. The van der Waals surface area contributed by atoms with Crippen molar-refractivity contribution in [3.05, 3.63) is 18.0 Å². The van der Waals surface area contributed by atoms with Crippen LogP contribution in [0.5, 0.6) is 0 Å². The van der Waals surface area contributed by atoms with Gasteiger partial charge in [-0.25, -0.2) is 0 Å². The van der Waals surface area contributed by atoms with E-state index in [2.05, 4.69) is 30.5 Å². The van der Waals surface area contributed by atoms with Crippen LogP contribution >= 0.6 is 0 Å². The van der Waals surface area contributed by atoms with Gasteiger partial charge < -0.3 is 10.1 Å². The van der Waals surface area contributed by atoms with Gasteiger partial charge in [0.15, 0.2) is 0 Å². The fourth-order valence-corrected chi connectivity index (χ4v) is 1.96. The molecule has 0 spiro atoms. The fourth-order valence-electron chi connectivity index (χ4n) is 1.96. The number of hydrogen-bond donors (Lipinski definition) is 1. The van der Waals surface area contributed by atoms with Gasteiger partial charge in [-0.15, -0.1) is 0 Å². The van der Waals surface area contributed by atoms with Gasteiger partial charge in [0.1, 0.15) is 0 Å². The van der Waals surface area contributed by atoms with Crippen molar-refractivity contribution in [1.82, 2.24) is 15.1 Å². The van der Waals surface area contributed by atoms with Crippen LogP contribution in [0.2, 0.25) is 0 Å². The van der Waals surface area contributed by atoms with Crippen LogP contribution in [-0.2, 0) is 11.8 Å². The Morgan fingerprint density at radius 2 is 2.31 bits per heavy atom. The van der Waals surface area contributed by atoms with Crippen molar-refractivity contribution in [2.75, 3.05) is 20.3 Å². The summed E-state index contributed by atoms with van der Waals surface area (Å²) in [5.74, 6) is 0.550. The van der Waals surface area contributed by atoms with E-state index in [1.807, 2.05) is 17.9 Å². The minimum atomic E-state index is 0.379. The SMILES string of the molecule is CCNC(CC(C)COC)c1cnn(C)c1. The third-order valence-corrected chi connectivity index (χ3v) is 2.67. The van der Waals surface area contributed by atoms with Crippen LogP contribution in [0, 0.1) is 5.92 Å². The second kappa shape index (κ2) is 6.66.